The molecule has 0 heterocycles. The fraction of sp³-hybridized carbons (Fsp3) is 0.933. The van der Waals surface area contributed by atoms with E-state index in [1.165, 1.54) is 6.42 Å². The Morgan fingerprint density at radius 1 is 0.971 bits per heavy atom. The third kappa shape index (κ3) is 3.60. The molecule has 0 aromatic carbocycles. The summed E-state index contributed by atoms with van der Waals surface area (Å²) in [5.41, 5.74) is 0.145. The normalized spacial score (nSPS) is 51.1. The molecule has 0 aromatic rings. The molecular weight excluding hydrogens is 424 g/mol. The van der Waals surface area contributed by atoms with E-state index < -0.39 is 23.2 Å². The molecule has 1 unspecified atom stereocenters. The van der Waals surface area contributed by atoms with Crippen LogP contribution in [0.2, 0.25) is 0 Å². The van der Waals surface area contributed by atoms with Crippen LogP contribution in [0.5, 0.6) is 0 Å². The second kappa shape index (κ2) is 8.57. The van der Waals surface area contributed by atoms with E-state index in [-0.39, 0.29) is 28.8 Å². The molecular formula is C30H52O4. The van der Waals surface area contributed by atoms with Crippen LogP contribution in [0.1, 0.15) is 106 Å². The summed E-state index contributed by atoms with van der Waals surface area (Å²) < 4.78 is 0. The average Bonchev–Trinajstić information content (AvgIpc) is 3.14. The minimum Gasteiger partial charge on any atom is -0.396 e. The van der Waals surface area contributed by atoms with Gasteiger partial charge in [0.05, 0.1) is 24.4 Å². The molecule has 0 spiro atoms. The molecule has 4 N–H and O–H groups in total. The van der Waals surface area contributed by atoms with E-state index in [2.05, 4.69) is 34.3 Å². The van der Waals surface area contributed by atoms with Gasteiger partial charge in [-0.1, -0.05) is 39.8 Å². The summed E-state index contributed by atoms with van der Waals surface area (Å²) in [6, 6.07) is 0. The predicted octanol–water partition coefficient (Wildman–Crippen LogP) is 5.47. The highest BCUT2D eigenvalue weighted by molar-refractivity contribution is 5.18. The van der Waals surface area contributed by atoms with Gasteiger partial charge in [0.25, 0.3) is 0 Å². The van der Waals surface area contributed by atoms with Gasteiger partial charge in [-0.2, -0.15) is 0 Å². The smallest absolute Gasteiger partial charge is 0.0745 e. The quantitative estimate of drug-likeness (QED) is 0.383. The van der Waals surface area contributed by atoms with Gasteiger partial charge in [-0.05, 0) is 118 Å². The molecule has 4 aliphatic carbocycles. The van der Waals surface area contributed by atoms with E-state index in [1.54, 1.807) is 0 Å². The number of hydrogen-bond donors (Lipinski definition) is 4. The monoisotopic (exact) mass is 476 g/mol. The van der Waals surface area contributed by atoms with Gasteiger partial charge in [0.1, 0.15) is 0 Å². The summed E-state index contributed by atoms with van der Waals surface area (Å²) in [5, 5.41) is 43.2. The van der Waals surface area contributed by atoms with Gasteiger partial charge in [-0.15, -0.1) is 0 Å². The zero-order valence-corrected chi connectivity index (χ0v) is 22.7. The average molecular weight is 477 g/mol. The summed E-state index contributed by atoms with van der Waals surface area (Å²) in [7, 11) is 0. The number of rotatable bonds is 6. The Kier molecular flexibility index (Phi) is 6.71. The fourth-order valence-corrected chi connectivity index (χ4v) is 10.4. The van der Waals surface area contributed by atoms with Gasteiger partial charge in [-0.25, -0.2) is 0 Å². The van der Waals surface area contributed by atoms with Crippen molar-refractivity contribution in [3.8, 4) is 0 Å². The summed E-state index contributed by atoms with van der Waals surface area (Å²) >= 11 is 0. The molecule has 4 aliphatic rings. The van der Waals surface area contributed by atoms with Crippen LogP contribution >= 0.6 is 0 Å². The molecule has 4 nitrogen and oxygen atoms in total. The van der Waals surface area contributed by atoms with Gasteiger partial charge in [0, 0.05) is 5.41 Å². The Morgan fingerprint density at radius 2 is 1.62 bits per heavy atom. The van der Waals surface area contributed by atoms with Crippen LogP contribution in [0.25, 0.3) is 0 Å². The van der Waals surface area contributed by atoms with E-state index in [9.17, 15) is 20.4 Å². The second-order valence-electron chi connectivity index (χ2n) is 14.3. The molecule has 0 aromatic heterocycles. The second-order valence-corrected chi connectivity index (χ2v) is 14.3. The molecule has 4 fully saturated rings. The maximum Gasteiger partial charge on any atom is 0.0745 e. The number of aliphatic hydroxyl groups excluding tert-OH is 3. The lowest BCUT2D eigenvalue weighted by molar-refractivity contribution is -0.234. The van der Waals surface area contributed by atoms with Crippen molar-refractivity contribution in [2.45, 2.75) is 124 Å². The third-order valence-electron chi connectivity index (χ3n) is 12.8. The van der Waals surface area contributed by atoms with Crippen LogP contribution in [-0.4, -0.2) is 44.8 Å². The number of hydrogen-bond acceptors (Lipinski definition) is 4. The molecule has 4 heteroatoms. The lowest BCUT2D eigenvalue weighted by Crippen LogP contribution is -2.65. The third-order valence-corrected chi connectivity index (χ3v) is 12.8. The summed E-state index contributed by atoms with van der Waals surface area (Å²) in [6.07, 6.45) is 8.87. The van der Waals surface area contributed by atoms with Crippen LogP contribution < -0.4 is 0 Å². The number of aliphatic hydroxyl groups is 4. The van der Waals surface area contributed by atoms with Gasteiger partial charge >= 0.3 is 0 Å². The van der Waals surface area contributed by atoms with E-state index in [4.69, 9.17) is 0 Å². The minimum absolute atomic E-state index is 0.0682. The van der Waals surface area contributed by atoms with E-state index in [1.807, 2.05) is 13.8 Å². The standard InChI is InChI=1S/C30H52O4/c1-19(2)22(32)11-17-30(7,34)21-10-15-28(5)20(21)8-9-24-26(3)14-13-25(33)27(4,18-31)23(26)12-16-29(24,28)6/h20-25,31-34H,1,8-18H2,2-7H3/t20-,21+,22?,23-,24-,25+,26+,27+,28-,29-,30+/m1/s1. The van der Waals surface area contributed by atoms with Crippen LogP contribution in [0.15, 0.2) is 12.2 Å². The molecule has 4 saturated carbocycles. The van der Waals surface area contributed by atoms with Crippen LogP contribution in [0, 0.1) is 45.3 Å². The molecule has 0 saturated heterocycles. The van der Waals surface area contributed by atoms with Crippen molar-refractivity contribution in [2.24, 2.45) is 45.3 Å². The lowest BCUT2D eigenvalue weighted by Gasteiger charge is -2.70. The largest absolute Gasteiger partial charge is 0.396 e. The maximum absolute atomic E-state index is 11.6. The van der Waals surface area contributed by atoms with Crippen molar-refractivity contribution in [3.05, 3.63) is 12.2 Å². The van der Waals surface area contributed by atoms with Crippen molar-refractivity contribution in [1.82, 2.24) is 0 Å². The predicted molar refractivity (Wildman–Crippen MR) is 137 cm³/mol. The Labute approximate surface area is 208 Å². The Bertz CT molecular complexity index is 793. The Hall–Kier alpha value is -0.420. The minimum atomic E-state index is -0.770. The summed E-state index contributed by atoms with van der Waals surface area (Å²) in [4.78, 5) is 0. The van der Waals surface area contributed by atoms with Gasteiger partial charge < -0.3 is 20.4 Å². The van der Waals surface area contributed by atoms with Crippen LogP contribution in [-0.2, 0) is 0 Å². The first-order valence-electron chi connectivity index (χ1n) is 14.0. The van der Waals surface area contributed by atoms with Crippen molar-refractivity contribution in [1.29, 1.82) is 0 Å². The highest BCUT2D eigenvalue weighted by Gasteiger charge is 2.69. The summed E-state index contributed by atoms with van der Waals surface area (Å²) in [5.74, 6) is 1.72. The Morgan fingerprint density at radius 3 is 2.24 bits per heavy atom. The van der Waals surface area contributed by atoms with Gasteiger partial charge in [0.15, 0.2) is 0 Å². The van der Waals surface area contributed by atoms with Crippen molar-refractivity contribution < 1.29 is 20.4 Å². The zero-order valence-electron chi connectivity index (χ0n) is 22.7. The highest BCUT2D eigenvalue weighted by atomic mass is 16.3. The fourth-order valence-electron chi connectivity index (χ4n) is 10.4. The molecule has 11 atom stereocenters. The Balaban J connectivity index is 1.60. The molecule has 0 amide bonds. The molecule has 0 bridgehead atoms. The molecule has 34 heavy (non-hydrogen) atoms. The van der Waals surface area contributed by atoms with Crippen molar-refractivity contribution in [3.63, 3.8) is 0 Å². The van der Waals surface area contributed by atoms with Crippen LogP contribution in [0.4, 0.5) is 0 Å². The van der Waals surface area contributed by atoms with E-state index in [0.29, 0.717) is 30.6 Å². The number of fused-ring (bicyclic) bond motifs is 5. The first-order chi connectivity index (χ1) is 15.7. The highest BCUT2D eigenvalue weighted by Crippen LogP contribution is 2.75. The van der Waals surface area contributed by atoms with Crippen LogP contribution in [0.3, 0.4) is 0 Å². The zero-order chi connectivity index (χ0) is 25.3. The van der Waals surface area contributed by atoms with Gasteiger partial charge in [0.2, 0.25) is 0 Å². The summed E-state index contributed by atoms with van der Waals surface area (Å²) in [6.45, 7) is 17.5. The molecule has 0 aliphatic heterocycles. The first kappa shape index (κ1) is 26.6. The van der Waals surface area contributed by atoms with Gasteiger partial charge in [-0.3, -0.25) is 0 Å². The molecule has 0 radical (unpaired) electrons. The maximum atomic E-state index is 11.6. The lowest BCUT2D eigenvalue weighted by atomic mass is 9.35. The van der Waals surface area contributed by atoms with E-state index in [0.717, 1.165) is 50.5 Å². The van der Waals surface area contributed by atoms with E-state index >= 15 is 0 Å². The topological polar surface area (TPSA) is 80.9 Å². The first-order valence-corrected chi connectivity index (χ1v) is 14.0. The molecule has 4 rings (SSSR count). The van der Waals surface area contributed by atoms with Crippen molar-refractivity contribution in [2.75, 3.05) is 6.61 Å². The SMILES string of the molecule is C=C(C)C(O)CC[C@](C)(O)[C@H]1CC[C@]2(C)[C@@H]1CC[C@@H]1[C@@]3(C)CC[C@H](O)[C@@](C)(CO)[C@@H]3CC[C@]12C. The van der Waals surface area contributed by atoms with Crippen molar-refractivity contribution >= 4 is 0 Å². The molecule has 196 valence electrons.